The lowest BCUT2D eigenvalue weighted by Gasteiger charge is -2.17. The maximum absolute atomic E-state index is 12.3. The normalized spacial score (nSPS) is 13.3. The molecule has 2 aromatic carbocycles. The van der Waals surface area contributed by atoms with Gasteiger partial charge in [-0.1, -0.05) is 31.2 Å². The highest BCUT2D eigenvalue weighted by Gasteiger charge is 2.13. The van der Waals surface area contributed by atoms with Crippen molar-refractivity contribution in [3.63, 3.8) is 0 Å². The molecule has 1 amide bonds. The molecule has 0 radical (unpaired) electrons. The van der Waals surface area contributed by atoms with E-state index < -0.39 is 0 Å². The zero-order valence-corrected chi connectivity index (χ0v) is 15.5. The summed E-state index contributed by atoms with van der Waals surface area (Å²) in [5.41, 5.74) is 3.25. The van der Waals surface area contributed by atoms with Gasteiger partial charge in [0, 0.05) is 24.7 Å². The minimum absolute atomic E-state index is 0.0489. The topological polar surface area (TPSA) is 50.8 Å². The average Bonchev–Trinajstić information content (AvgIpc) is 2.87. The lowest BCUT2D eigenvalue weighted by Crippen LogP contribution is -2.29. The van der Waals surface area contributed by atoms with Crippen LogP contribution in [0.4, 0.5) is 5.69 Å². The molecule has 26 heavy (non-hydrogen) atoms. The smallest absolute Gasteiger partial charge is 0.238 e. The van der Waals surface area contributed by atoms with Crippen LogP contribution in [0, 0.1) is 0 Å². The molecule has 0 spiro atoms. The Kier molecular flexibility index (Phi) is 6.12. The van der Waals surface area contributed by atoms with Gasteiger partial charge in [0.25, 0.3) is 0 Å². The molecule has 2 aromatic rings. The number of hydrogen-bond donors (Lipinski definition) is 1. The van der Waals surface area contributed by atoms with Gasteiger partial charge >= 0.3 is 0 Å². The summed E-state index contributed by atoms with van der Waals surface area (Å²) in [5, 5.41) is 2.93. The number of rotatable bonds is 6. The monoisotopic (exact) mass is 354 g/mol. The van der Waals surface area contributed by atoms with Crippen LogP contribution in [0.5, 0.6) is 11.5 Å². The van der Waals surface area contributed by atoms with Crippen molar-refractivity contribution in [3.05, 3.63) is 53.6 Å². The minimum atomic E-state index is -0.0489. The number of fused-ring (bicyclic) bond motifs is 1. The first-order valence-corrected chi connectivity index (χ1v) is 9.10. The highest BCUT2D eigenvalue weighted by molar-refractivity contribution is 5.92. The maximum Gasteiger partial charge on any atom is 0.238 e. The number of ether oxygens (including phenoxy) is 2. The number of benzene rings is 2. The summed E-state index contributed by atoms with van der Waals surface area (Å²) in [4.78, 5) is 14.3. The van der Waals surface area contributed by atoms with E-state index in [9.17, 15) is 4.79 Å². The van der Waals surface area contributed by atoms with Crippen molar-refractivity contribution < 1.29 is 14.3 Å². The second-order valence-electron chi connectivity index (χ2n) is 6.60. The Morgan fingerprint density at radius 3 is 2.46 bits per heavy atom. The zero-order valence-electron chi connectivity index (χ0n) is 15.5. The first kappa shape index (κ1) is 18.3. The van der Waals surface area contributed by atoms with E-state index in [4.69, 9.17) is 9.47 Å². The molecule has 138 valence electrons. The molecule has 0 aliphatic carbocycles. The van der Waals surface area contributed by atoms with Crippen LogP contribution >= 0.6 is 0 Å². The summed E-state index contributed by atoms with van der Waals surface area (Å²) in [6.45, 7) is 4.49. The first-order valence-electron chi connectivity index (χ1n) is 9.10. The summed E-state index contributed by atoms with van der Waals surface area (Å²) in [6, 6.07) is 14.0. The van der Waals surface area contributed by atoms with Crippen molar-refractivity contribution in [1.82, 2.24) is 4.90 Å². The van der Waals surface area contributed by atoms with Crippen LogP contribution in [-0.4, -0.2) is 37.6 Å². The van der Waals surface area contributed by atoms with Crippen molar-refractivity contribution in [2.75, 3.05) is 32.1 Å². The van der Waals surface area contributed by atoms with Crippen LogP contribution in [0.25, 0.3) is 0 Å². The van der Waals surface area contributed by atoms with Crippen molar-refractivity contribution in [2.24, 2.45) is 0 Å². The Hall–Kier alpha value is -2.53. The molecule has 0 saturated carbocycles. The third kappa shape index (κ3) is 4.99. The number of aryl methyl sites for hydroxylation is 1. The van der Waals surface area contributed by atoms with Crippen LogP contribution in [0.1, 0.15) is 24.5 Å². The van der Waals surface area contributed by atoms with Gasteiger partial charge in [-0.3, -0.25) is 9.69 Å². The number of nitrogens with zero attached hydrogens (tertiary/aromatic N) is 1. The number of hydrogen-bond acceptors (Lipinski definition) is 4. The quantitative estimate of drug-likeness (QED) is 0.863. The Morgan fingerprint density at radius 2 is 1.73 bits per heavy atom. The van der Waals surface area contributed by atoms with Gasteiger partial charge in [0.1, 0.15) is 0 Å². The van der Waals surface area contributed by atoms with Crippen LogP contribution in [-0.2, 0) is 17.8 Å². The summed E-state index contributed by atoms with van der Waals surface area (Å²) >= 11 is 0. The van der Waals surface area contributed by atoms with Gasteiger partial charge in [-0.25, -0.2) is 0 Å². The first-order chi connectivity index (χ1) is 12.6. The predicted molar refractivity (Wildman–Crippen MR) is 103 cm³/mol. The molecule has 3 rings (SSSR count). The van der Waals surface area contributed by atoms with Gasteiger partial charge in [-0.2, -0.15) is 0 Å². The standard InChI is InChI=1S/C21H26N2O3/c1-3-16-5-7-17(8-6-16)14-23(2)15-21(24)22-18-9-10-19-20(13-18)26-12-4-11-25-19/h5-10,13H,3-4,11-12,14-15H2,1-2H3,(H,22,24). The van der Waals surface area contributed by atoms with Crippen molar-refractivity contribution in [2.45, 2.75) is 26.3 Å². The molecule has 0 bridgehead atoms. The van der Waals surface area contributed by atoms with E-state index in [0.29, 0.717) is 25.5 Å². The van der Waals surface area contributed by atoms with Crippen LogP contribution in [0.2, 0.25) is 0 Å². The third-order valence-electron chi connectivity index (χ3n) is 4.33. The molecule has 1 aliphatic heterocycles. The van der Waals surface area contributed by atoms with E-state index in [-0.39, 0.29) is 5.91 Å². The Balaban J connectivity index is 1.53. The fraction of sp³-hybridized carbons (Fsp3) is 0.381. The SMILES string of the molecule is CCc1ccc(CN(C)CC(=O)Nc2ccc3c(c2)OCCCO3)cc1. The Morgan fingerprint density at radius 1 is 1.04 bits per heavy atom. The van der Waals surface area contributed by atoms with Gasteiger partial charge in [0.05, 0.1) is 19.8 Å². The number of likely N-dealkylation sites (N-methyl/N-ethyl adjacent to an activating group) is 1. The van der Waals surface area contributed by atoms with Crippen molar-refractivity contribution >= 4 is 11.6 Å². The van der Waals surface area contributed by atoms with Gasteiger partial charge in [0.15, 0.2) is 11.5 Å². The summed E-state index contributed by atoms with van der Waals surface area (Å²) in [6.07, 6.45) is 1.90. The molecule has 1 N–H and O–H groups in total. The van der Waals surface area contributed by atoms with E-state index in [0.717, 1.165) is 30.8 Å². The van der Waals surface area contributed by atoms with Gasteiger partial charge in [0.2, 0.25) is 5.91 Å². The minimum Gasteiger partial charge on any atom is -0.490 e. The molecule has 0 atom stereocenters. The molecule has 5 heteroatoms. The summed E-state index contributed by atoms with van der Waals surface area (Å²) in [7, 11) is 1.95. The number of anilines is 1. The molecule has 0 fully saturated rings. The van der Waals surface area contributed by atoms with Gasteiger partial charge < -0.3 is 14.8 Å². The van der Waals surface area contributed by atoms with E-state index in [1.807, 2.05) is 30.1 Å². The number of amides is 1. The lowest BCUT2D eigenvalue weighted by atomic mass is 10.1. The van der Waals surface area contributed by atoms with Crippen LogP contribution in [0.15, 0.2) is 42.5 Å². The van der Waals surface area contributed by atoms with E-state index in [1.165, 1.54) is 11.1 Å². The molecule has 1 heterocycles. The van der Waals surface area contributed by atoms with Crippen LogP contribution in [0.3, 0.4) is 0 Å². The van der Waals surface area contributed by atoms with Crippen molar-refractivity contribution in [1.29, 1.82) is 0 Å². The zero-order chi connectivity index (χ0) is 18.4. The Labute approximate surface area is 154 Å². The van der Waals surface area contributed by atoms with Gasteiger partial charge in [-0.05, 0) is 36.7 Å². The third-order valence-corrected chi connectivity index (χ3v) is 4.33. The molecule has 0 saturated heterocycles. The largest absolute Gasteiger partial charge is 0.490 e. The highest BCUT2D eigenvalue weighted by Crippen LogP contribution is 2.32. The summed E-state index contributed by atoms with van der Waals surface area (Å²) < 4.78 is 11.3. The highest BCUT2D eigenvalue weighted by atomic mass is 16.5. The Bertz CT molecular complexity index is 743. The number of carbonyl (C=O) groups is 1. The predicted octanol–water partition coefficient (Wildman–Crippen LogP) is 3.48. The molecular formula is C21H26N2O3. The van der Waals surface area contributed by atoms with Crippen LogP contribution < -0.4 is 14.8 Å². The van der Waals surface area contributed by atoms with E-state index in [2.05, 4.69) is 36.5 Å². The second-order valence-corrected chi connectivity index (χ2v) is 6.60. The average molecular weight is 354 g/mol. The fourth-order valence-electron chi connectivity index (χ4n) is 2.93. The summed E-state index contributed by atoms with van der Waals surface area (Å²) in [5.74, 6) is 1.37. The van der Waals surface area contributed by atoms with Gasteiger partial charge in [-0.15, -0.1) is 0 Å². The molecule has 0 aromatic heterocycles. The number of carbonyl (C=O) groups excluding carboxylic acids is 1. The molecule has 1 aliphatic rings. The number of nitrogens with one attached hydrogen (secondary N) is 1. The van der Waals surface area contributed by atoms with Crippen molar-refractivity contribution in [3.8, 4) is 11.5 Å². The molecular weight excluding hydrogens is 328 g/mol. The fourth-order valence-corrected chi connectivity index (χ4v) is 2.93. The maximum atomic E-state index is 12.3. The van der Waals surface area contributed by atoms with E-state index in [1.54, 1.807) is 0 Å². The lowest BCUT2D eigenvalue weighted by molar-refractivity contribution is -0.117. The van der Waals surface area contributed by atoms with E-state index >= 15 is 0 Å². The second kappa shape index (κ2) is 8.72. The molecule has 0 unspecified atom stereocenters. The molecule has 5 nitrogen and oxygen atoms in total.